The molecular formula is C20H25N3O3S2. The van der Waals surface area contributed by atoms with E-state index in [1.807, 2.05) is 17.2 Å². The van der Waals surface area contributed by atoms with Crippen molar-refractivity contribution >= 4 is 33.2 Å². The van der Waals surface area contributed by atoms with Crippen molar-refractivity contribution in [2.45, 2.75) is 25.3 Å². The van der Waals surface area contributed by atoms with Crippen molar-refractivity contribution in [1.82, 2.24) is 9.88 Å². The number of hydrogen-bond acceptors (Lipinski definition) is 6. The van der Waals surface area contributed by atoms with Gasteiger partial charge in [-0.1, -0.05) is 12.2 Å². The van der Waals surface area contributed by atoms with Crippen LogP contribution >= 0.6 is 11.8 Å². The minimum absolute atomic E-state index is 0.00469. The SMILES string of the molecule is O=C(C1CCS(=O)(=O)CC1)N1CCN(c2cccnc2)CC1C1=CCC=CS1. The molecule has 6 nitrogen and oxygen atoms in total. The smallest absolute Gasteiger partial charge is 0.226 e. The Balaban J connectivity index is 1.54. The maximum absolute atomic E-state index is 13.3. The van der Waals surface area contributed by atoms with E-state index in [1.54, 1.807) is 18.0 Å². The van der Waals surface area contributed by atoms with E-state index in [2.05, 4.69) is 33.5 Å². The Morgan fingerprint density at radius 2 is 2.04 bits per heavy atom. The fraction of sp³-hybridized carbons (Fsp3) is 0.500. The summed E-state index contributed by atoms with van der Waals surface area (Å²) in [5, 5.41) is 2.09. The summed E-state index contributed by atoms with van der Waals surface area (Å²) in [6.07, 6.45) is 9.73. The lowest BCUT2D eigenvalue weighted by Gasteiger charge is -2.44. The molecule has 2 saturated heterocycles. The molecule has 1 amide bonds. The molecule has 4 rings (SSSR count). The van der Waals surface area contributed by atoms with E-state index < -0.39 is 9.84 Å². The van der Waals surface area contributed by atoms with Crippen LogP contribution in [0.15, 0.2) is 47.0 Å². The quantitative estimate of drug-likeness (QED) is 0.750. The van der Waals surface area contributed by atoms with Crippen LogP contribution in [0, 0.1) is 5.92 Å². The van der Waals surface area contributed by atoms with Crippen molar-refractivity contribution in [3.8, 4) is 0 Å². The van der Waals surface area contributed by atoms with Crippen molar-refractivity contribution in [3.63, 3.8) is 0 Å². The van der Waals surface area contributed by atoms with Gasteiger partial charge in [0.1, 0.15) is 9.84 Å². The highest BCUT2D eigenvalue weighted by Crippen LogP contribution is 2.33. The number of allylic oxidation sites excluding steroid dienone is 2. The first-order chi connectivity index (χ1) is 13.5. The maximum atomic E-state index is 13.3. The topological polar surface area (TPSA) is 70.6 Å². The molecule has 0 saturated carbocycles. The molecule has 0 bridgehead atoms. The number of aromatic nitrogens is 1. The number of carbonyl (C=O) groups excluding carboxylic acids is 1. The minimum atomic E-state index is -2.97. The molecule has 150 valence electrons. The van der Waals surface area contributed by atoms with E-state index in [0.29, 0.717) is 19.4 Å². The maximum Gasteiger partial charge on any atom is 0.226 e. The molecule has 4 heterocycles. The molecule has 1 unspecified atom stereocenters. The zero-order chi connectivity index (χ0) is 19.6. The first-order valence-corrected chi connectivity index (χ1v) is 12.4. The molecule has 1 aromatic heterocycles. The van der Waals surface area contributed by atoms with E-state index in [4.69, 9.17) is 0 Å². The number of anilines is 1. The predicted molar refractivity (Wildman–Crippen MR) is 113 cm³/mol. The zero-order valence-electron chi connectivity index (χ0n) is 15.7. The molecule has 0 aliphatic carbocycles. The minimum Gasteiger partial charge on any atom is -0.366 e. The standard InChI is InChI=1S/C20H25N3O3S2/c24-20(16-6-12-28(25,26)13-7-16)23-10-9-22(17-4-3-8-21-14-17)15-18(23)19-5-1-2-11-27-19/h2-5,8,11,14,16,18H,1,6-7,9-10,12-13,15H2. The van der Waals surface area contributed by atoms with Gasteiger partial charge in [-0.15, -0.1) is 11.8 Å². The Hall–Kier alpha value is -1.80. The van der Waals surface area contributed by atoms with Gasteiger partial charge in [-0.3, -0.25) is 9.78 Å². The summed E-state index contributed by atoms with van der Waals surface area (Å²) in [7, 11) is -2.97. The van der Waals surface area contributed by atoms with E-state index in [9.17, 15) is 13.2 Å². The molecule has 0 N–H and O–H groups in total. The number of pyridine rings is 1. The summed E-state index contributed by atoms with van der Waals surface area (Å²) < 4.78 is 23.5. The van der Waals surface area contributed by atoms with Crippen LogP contribution in [0.3, 0.4) is 0 Å². The summed E-state index contributed by atoms with van der Waals surface area (Å²) >= 11 is 1.68. The number of amides is 1. The van der Waals surface area contributed by atoms with E-state index in [0.717, 1.165) is 25.2 Å². The lowest BCUT2D eigenvalue weighted by Crippen LogP contribution is -2.57. The van der Waals surface area contributed by atoms with Gasteiger partial charge in [0.15, 0.2) is 0 Å². The molecule has 1 atom stereocenters. The summed E-state index contributed by atoms with van der Waals surface area (Å²) in [6, 6.07) is 3.98. The highest BCUT2D eigenvalue weighted by Gasteiger charge is 2.38. The first kappa shape index (κ1) is 19.5. The van der Waals surface area contributed by atoms with Crippen LogP contribution in [-0.4, -0.2) is 61.4 Å². The Morgan fingerprint density at radius 3 is 2.71 bits per heavy atom. The highest BCUT2D eigenvalue weighted by atomic mass is 32.2. The van der Waals surface area contributed by atoms with Gasteiger partial charge in [0.2, 0.25) is 5.91 Å². The van der Waals surface area contributed by atoms with Crippen LogP contribution in [0.2, 0.25) is 0 Å². The Morgan fingerprint density at radius 1 is 1.21 bits per heavy atom. The average Bonchev–Trinajstić information content (AvgIpc) is 2.74. The van der Waals surface area contributed by atoms with Crippen LogP contribution in [0.25, 0.3) is 0 Å². The average molecular weight is 420 g/mol. The fourth-order valence-corrected chi connectivity index (χ4v) is 6.47. The van der Waals surface area contributed by atoms with Crippen molar-refractivity contribution < 1.29 is 13.2 Å². The lowest BCUT2D eigenvalue weighted by atomic mass is 9.98. The monoisotopic (exact) mass is 419 g/mol. The Kier molecular flexibility index (Phi) is 5.78. The third kappa shape index (κ3) is 4.27. The lowest BCUT2D eigenvalue weighted by molar-refractivity contribution is -0.137. The molecule has 0 aromatic carbocycles. The first-order valence-electron chi connectivity index (χ1n) is 9.71. The number of hydrogen-bond donors (Lipinski definition) is 0. The zero-order valence-corrected chi connectivity index (χ0v) is 17.4. The molecule has 3 aliphatic heterocycles. The molecule has 1 aromatic rings. The van der Waals surface area contributed by atoms with Crippen molar-refractivity contribution in [3.05, 3.63) is 47.0 Å². The fourth-order valence-electron chi connectivity index (χ4n) is 4.07. The second-order valence-electron chi connectivity index (χ2n) is 7.46. The summed E-state index contributed by atoms with van der Waals surface area (Å²) in [4.78, 5) is 23.0. The van der Waals surface area contributed by atoms with Crippen molar-refractivity contribution in [2.24, 2.45) is 5.92 Å². The highest BCUT2D eigenvalue weighted by molar-refractivity contribution is 8.05. The van der Waals surface area contributed by atoms with Gasteiger partial charge in [-0.2, -0.15) is 0 Å². The van der Waals surface area contributed by atoms with E-state index in [-0.39, 0.29) is 29.4 Å². The third-order valence-corrected chi connectivity index (χ3v) is 8.42. The van der Waals surface area contributed by atoms with Gasteiger partial charge < -0.3 is 9.80 Å². The summed E-state index contributed by atoms with van der Waals surface area (Å²) in [5.74, 6) is 0.191. The number of carbonyl (C=O) groups is 1. The van der Waals surface area contributed by atoms with Gasteiger partial charge in [0.05, 0.1) is 29.4 Å². The molecule has 28 heavy (non-hydrogen) atoms. The summed E-state index contributed by atoms with van der Waals surface area (Å²) in [5.41, 5.74) is 1.07. The van der Waals surface area contributed by atoms with E-state index in [1.165, 1.54) is 4.91 Å². The molecular weight excluding hydrogens is 394 g/mol. The second-order valence-corrected chi connectivity index (χ2v) is 10.7. The summed E-state index contributed by atoms with van der Waals surface area (Å²) in [6.45, 7) is 2.13. The van der Waals surface area contributed by atoms with Crippen LogP contribution in [-0.2, 0) is 14.6 Å². The number of rotatable bonds is 3. The Bertz CT molecular complexity index is 869. The number of sulfone groups is 1. The number of piperazine rings is 1. The van der Waals surface area contributed by atoms with Gasteiger partial charge in [0.25, 0.3) is 0 Å². The van der Waals surface area contributed by atoms with Crippen molar-refractivity contribution in [2.75, 3.05) is 36.0 Å². The third-order valence-electron chi connectivity index (χ3n) is 5.66. The molecule has 0 spiro atoms. The molecule has 3 aliphatic rings. The van der Waals surface area contributed by atoms with Crippen molar-refractivity contribution in [1.29, 1.82) is 0 Å². The number of nitrogens with zero attached hydrogens (tertiary/aromatic N) is 3. The Labute approximate surface area is 170 Å². The van der Waals surface area contributed by atoms with Crippen LogP contribution in [0.5, 0.6) is 0 Å². The molecule has 8 heteroatoms. The normalized spacial score (nSPS) is 25.4. The van der Waals surface area contributed by atoms with E-state index >= 15 is 0 Å². The van der Waals surface area contributed by atoms with Crippen LogP contribution in [0.1, 0.15) is 19.3 Å². The predicted octanol–water partition coefficient (Wildman–Crippen LogP) is 2.46. The van der Waals surface area contributed by atoms with Gasteiger partial charge >= 0.3 is 0 Å². The number of thioether (sulfide) groups is 1. The second kappa shape index (κ2) is 8.29. The largest absolute Gasteiger partial charge is 0.366 e. The van der Waals surface area contributed by atoms with Gasteiger partial charge in [0, 0.05) is 36.7 Å². The van der Waals surface area contributed by atoms with Crippen LogP contribution in [0.4, 0.5) is 5.69 Å². The van der Waals surface area contributed by atoms with Gasteiger partial charge in [-0.05, 0) is 36.8 Å². The molecule has 0 radical (unpaired) electrons. The van der Waals surface area contributed by atoms with Gasteiger partial charge in [-0.25, -0.2) is 8.42 Å². The van der Waals surface area contributed by atoms with Crippen LogP contribution < -0.4 is 4.90 Å². The molecule has 2 fully saturated rings.